The van der Waals surface area contributed by atoms with Crippen molar-refractivity contribution < 1.29 is 9.90 Å². The van der Waals surface area contributed by atoms with Gasteiger partial charge in [0.05, 0.1) is 15.6 Å². The van der Waals surface area contributed by atoms with Crippen molar-refractivity contribution >= 4 is 46.0 Å². The third kappa shape index (κ3) is 3.32. The monoisotopic (exact) mass is 370 g/mol. The molecule has 3 rings (SSSR count). The molecular weight excluding hydrogens is 352 g/mol. The molecule has 2 heterocycles. The molecule has 0 aliphatic carbocycles. The van der Waals surface area contributed by atoms with Gasteiger partial charge in [0, 0.05) is 24.1 Å². The average Bonchev–Trinajstić information content (AvgIpc) is 2.97. The maximum Gasteiger partial charge on any atom is 0.337 e. The van der Waals surface area contributed by atoms with Crippen molar-refractivity contribution in [1.82, 2.24) is 9.55 Å². The zero-order valence-electron chi connectivity index (χ0n) is 14.2. The number of aromatic carboxylic acids is 1. The number of pyridine rings is 1. The standard InChI is InChI=1S/C19H18N2O2S2/c1-11(13-8-17(24-3)20-18(9-13)25-4)12-5-6-16-14(7-12)15(19(22)23)10-21(16)2/h5-10H,1H2,2-4H3,(H,22,23). The Morgan fingerprint density at radius 3 is 2.32 bits per heavy atom. The van der Waals surface area contributed by atoms with Crippen LogP contribution >= 0.6 is 23.5 Å². The second-order valence-corrected chi connectivity index (χ2v) is 7.26. The van der Waals surface area contributed by atoms with E-state index in [1.807, 2.05) is 54.5 Å². The zero-order chi connectivity index (χ0) is 18.1. The molecule has 25 heavy (non-hydrogen) atoms. The Labute approximate surface area is 155 Å². The molecule has 3 aromatic rings. The van der Waals surface area contributed by atoms with E-state index in [0.717, 1.165) is 37.7 Å². The lowest BCUT2D eigenvalue weighted by atomic mass is 9.98. The highest BCUT2D eigenvalue weighted by molar-refractivity contribution is 7.99. The van der Waals surface area contributed by atoms with E-state index in [-0.39, 0.29) is 0 Å². The van der Waals surface area contributed by atoms with Gasteiger partial charge in [0.15, 0.2) is 0 Å². The van der Waals surface area contributed by atoms with Crippen LogP contribution in [-0.4, -0.2) is 33.1 Å². The Kier molecular flexibility index (Phi) is 4.92. The summed E-state index contributed by atoms with van der Waals surface area (Å²) in [6.07, 6.45) is 5.63. The molecule has 128 valence electrons. The number of hydrogen-bond donors (Lipinski definition) is 1. The SMILES string of the molecule is C=C(c1cc(SC)nc(SC)c1)c1ccc2c(c1)c(C(=O)O)cn2C. The van der Waals surface area contributed by atoms with Crippen LogP contribution in [-0.2, 0) is 7.05 Å². The number of aromatic nitrogens is 2. The quantitative estimate of drug-likeness (QED) is 0.655. The average molecular weight is 370 g/mol. The van der Waals surface area contributed by atoms with E-state index < -0.39 is 5.97 Å². The molecule has 1 N–H and O–H groups in total. The van der Waals surface area contributed by atoms with Crippen molar-refractivity contribution in [2.45, 2.75) is 10.1 Å². The van der Waals surface area contributed by atoms with Crippen molar-refractivity contribution in [3.8, 4) is 0 Å². The van der Waals surface area contributed by atoms with Crippen LogP contribution in [0.25, 0.3) is 16.5 Å². The molecule has 0 aliphatic rings. The highest BCUT2D eigenvalue weighted by Gasteiger charge is 2.15. The maximum absolute atomic E-state index is 11.5. The molecule has 4 nitrogen and oxygen atoms in total. The maximum atomic E-state index is 11.5. The number of aryl methyl sites for hydroxylation is 1. The number of carboxylic acid groups (broad SMARTS) is 1. The molecule has 6 heteroatoms. The van der Waals surface area contributed by atoms with Crippen molar-refractivity contribution in [2.75, 3.05) is 12.5 Å². The third-order valence-corrected chi connectivity index (χ3v) is 5.37. The van der Waals surface area contributed by atoms with Gasteiger partial charge in [0.25, 0.3) is 0 Å². The molecule has 0 fully saturated rings. The first-order valence-corrected chi connectivity index (χ1v) is 10.0. The summed E-state index contributed by atoms with van der Waals surface area (Å²) in [5.41, 5.74) is 3.95. The summed E-state index contributed by atoms with van der Waals surface area (Å²) >= 11 is 3.18. The Hall–Kier alpha value is -2.18. The first-order valence-electron chi connectivity index (χ1n) is 7.56. The predicted molar refractivity (Wildman–Crippen MR) is 106 cm³/mol. The highest BCUT2D eigenvalue weighted by Crippen LogP contribution is 2.31. The fraction of sp³-hybridized carbons (Fsp3) is 0.158. The Bertz CT molecular complexity index is 970. The molecule has 0 atom stereocenters. The van der Waals surface area contributed by atoms with Gasteiger partial charge in [-0.3, -0.25) is 0 Å². The van der Waals surface area contributed by atoms with E-state index in [4.69, 9.17) is 0 Å². The molecule has 0 radical (unpaired) electrons. The summed E-state index contributed by atoms with van der Waals surface area (Å²) in [6.45, 7) is 4.23. The largest absolute Gasteiger partial charge is 0.478 e. The fourth-order valence-electron chi connectivity index (χ4n) is 2.78. The van der Waals surface area contributed by atoms with Crippen LogP contribution in [0.4, 0.5) is 0 Å². The van der Waals surface area contributed by atoms with E-state index in [1.54, 1.807) is 29.7 Å². The number of carboxylic acids is 1. The first-order chi connectivity index (χ1) is 11.9. The van der Waals surface area contributed by atoms with Gasteiger partial charge in [-0.05, 0) is 53.5 Å². The number of benzene rings is 1. The first kappa shape index (κ1) is 17.6. The summed E-state index contributed by atoms with van der Waals surface area (Å²) in [7, 11) is 1.85. The number of hydrogen-bond acceptors (Lipinski definition) is 4. The van der Waals surface area contributed by atoms with Crippen LogP contribution in [0.2, 0.25) is 0 Å². The second kappa shape index (κ2) is 6.98. The molecule has 0 spiro atoms. The third-order valence-electron chi connectivity index (χ3n) is 4.11. The number of fused-ring (bicyclic) bond motifs is 1. The van der Waals surface area contributed by atoms with Crippen LogP contribution in [0.1, 0.15) is 21.5 Å². The van der Waals surface area contributed by atoms with E-state index >= 15 is 0 Å². The lowest BCUT2D eigenvalue weighted by Crippen LogP contribution is -1.95. The van der Waals surface area contributed by atoms with Crippen LogP contribution in [0.3, 0.4) is 0 Å². The fourth-order valence-corrected chi connectivity index (χ4v) is 3.71. The van der Waals surface area contributed by atoms with Gasteiger partial charge in [-0.25, -0.2) is 9.78 Å². The molecule has 0 bridgehead atoms. The summed E-state index contributed by atoms with van der Waals surface area (Å²) in [5.74, 6) is -0.924. The van der Waals surface area contributed by atoms with Crippen molar-refractivity contribution in [3.05, 3.63) is 59.8 Å². The van der Waals surface area contributed by atoms with Gasteiger partial charge in [-0.15, -0.1) is 23.5 Å². The molecule has 0 saturated carbocycles. The summed E-state index contributed by atoms with van der Waals surface area (Å²) in [6, 6.07) is 9.85. The van der Waals surface area contributed by atoms with Crippen LogP contribution < -0.4 is 0 Å². The van der Waals surface area contributed by atoms with Gasteiger partial charge in [-0.1, -0.05) is 12.6 Å². The van der Waals surface area contributed by atoms with E-state index in [9.17, 15) is 9.90 Å². The zero-order valence-corrected chi connectivity index (χ0v) is 15.9. The Morgan fingerprint density at radius 1 is 1.12 bits per heavy atom. The topological polar surface area (TPSA) is 55.1 Å². The number of rotatable bonds is 5. The van der Waals surface area contributed by atoms with Gasteiger partial charge in [-0.2, -0.15) is 0 Å². The Balaban J connectivity index is 2.11. The summed E-state index contributed by atoms with van der Waals surface area (Å²) < 4.78 is 1.83. The van der Waals surface area contributed by atoms with E-state index in [2.05, 4.69) is 11.6 Å². The highest BCUT2D eigenvalue weighted by atomic mass is 32.2. The van der Waals surface area contributed by atoms with Crippen LogP contribution in [0.5, 0.6) is 0 Å². The van der Waals surface area contributed by atoms with Crippen LogP contribution in [0, 0.1) is 0 Å². The molecule has 0 aliphatic heterocycles. The minimum absolute atomic E-state index is 0.302. The molecule has 2 aromatic heterocycles. The van der Waals surface area contributed by atoms with Gasteiger partial charge in [0.2, 0.25) is 0 Å². The minimum Gasteiger partial charge on any atom is -0.478 e. The minimum atomic E-state index is -0.924. The Morgan fingerprint density at radius 2 is 1.76 bits per heavy atom. The lowest BCUT2D eigenvalue weighted by molar-refractivity contribution is 0.0699. The van der Waals surface area contributed by atoms with E-state index in [1.165, 1.54) is 0 Å². The lowest BCUT2D eigenvalue weighted by Gasteiger charge is -2.10. The van der Waals surface area contributed by atoms with Gasteiger partial charge < -0.3 is 9.67 Å². The second-order valence-electron chi connectivity index (χ2n) is 5.61. The van der Waals surface area contributed by atoms with Gasteiger partial charge in [0.1, 0.15) is 0 Å². The van der Waals surface area contributed by atoms with Gasteiger partial charge >= 0.3 is 5.97 Å². The normalized spacial score (nSPS) is 11.0. The molecular formula is C19H18N2O2S2. The van der Waals surface area contributed by atoms with Crippen molar-refractivity contribution in [3.63, 3.8) is 0 Å². The number of nitrogens with zero attached hydrogens (tertiary/aromatic N) is 2. The predicted octanol–water partition coefficient (Wildman–Crippen LogP) is 4.78. The number of thioether (sulfide) groups is 2. The van der Waals surface area contributed by atoms with Crippen LogP contribution in [0.15, 0.2) is 53.2 Å². The number of carbonyl (C=O) groups is 1. The molecule has 1 aromatic carbocycles. The van der Waals surface area contributed by atoms with Crippen molar-refractivity contribution in [2.24, 2.45) is 7.05 Å². The molecule has 0 unspecified atom stereocenters. The van der Waals surface area contributed by atoms with E-state index in [0.29, 0.717) is 5.56 Å². The summed E-state index contributed by atoms with van der Waals surface area (Å²) in [5, 5.41) is 12.0. The smallest absolute Gasteiger partial charge is 0.337 e. The molecule has 0 amide bonds. The van der Waals surface area contributed by atoms with Crippen molar-refractivity contribution in [1.29, 1.82) is 0 Å². The molecule has 0 saturated heterocycles. The summed E-state index contributed by atoms with van der Waals surface area (Å²) in [4.78, 5) is 16.0.